The van der Waals surface area contributed by atoms with Crippen molar-refractivity contribution in [2.24, 2.45) is 5.92 Å². The molecular formula is C16H19N3O2S. The van der Waals surface area contributed by atoms with Gasteiger partial charge in [0.25, 0.3) is 5.91 Å². The van der Waals surface area contributed by atoms with E-state index in [0.29, 0.717) is 17.7 Å². The zero-order chi connectivity index (χ0) is 15.1. The molecule has 3 fully saturated rings. The topological polar surface area (TPSA) is 58.4 Å². The van der Waals surface area contributed by atoms with Gasteiger partial charge < -0.3 is 9.73 Å². The van der Waals surface area contributed by atoms with E-state index in [1.165, 1.54) is 43.7 Å². The summed E-state index contributed by atoms with van der Waals surface area (Å²) in [4.78, 5) is 20.6. The Hall–Kier alpha value is -1.66. The first-order chi connectivity index (χ1) is 10.7. The van der Waals surface area contributed by atoms with Crippen LogP contribution in [0.3, 0.4) is 0 Å². The molecule has 0 aromatic carbocycles. The minimum atomic E-state index is 0.0290. The molecule has 5 heterocycles. The maximum absolute atomic E-state index is 12.6. The van der Waals surface area contributed by atoms with Crippen molar-refractivity contribution >= 4 is 17.2 Å². The van der Waals surface area contributed by atoms with Crippen LogP contribution in [-0.4, -0.2) is 41.0 Å². The minimum absolute atomic E-state index is 0.0290. The number of piperidine rings is 3. The van der Waals surface area contributed by atoms with Crippen LogP contribution in [0.5, 0.6) is 0 Å². The average molecular weight is 317 g/mol. The zero-order valence-corrected chi connectivity index (χ0v) is 13.3. The van der Waals surface area contributed by atoms with E-state index >= 15 is 0 Å². The molecule has 3 saturated heterocycles. The molecule has 1 amide bonds. The summed E-state index contributed by atoms with van der Waals surface area (Å²) >= 11 is 1.45. The van der Waals surface area contributed by atoms with Gasteiger partial charge in [0, 0.05) is 12.1 Å². The maximum atomic E-state index is 12.6. The average Bonchev–Trinajstić information content (AvgIpc) is 3.21. The second kappa shape index (κ2) is 5.52. The third kappa shape index (κ3) is 2.36. The van der Waals surface area contributed by atoms with Gasteiger partial charge >= 0.3 is 0 Å². The molecule has 5 nitrogen and oxygen atoms in total. The normalized spacial score (nSPS) is 30.4. The number of hydrogen-bond acceptors (Lipinski definition) is 5. The molecule has 0 spiro atoms. The highest BCUT2D eigenvalue weighted by molar-refractivity contribution is 7.17. The van der Waals surface area contributed by atoms with Crippen LogP contribution in [-0.2, 0) is 0 Å². The van der Waals surface area contributed by atoms with Crippen LogP contribution < -0.4 is 5.32 Å². The van der Waals surface area contributed by atoms with Crippen LogP contribution >= 0.6 is 11.3 Å². The molecule has 5 rings (SSSR count). The quantitative estimate of drug-likeness (QED) is 0.945. The molecule has 2 aromatic rings. The zero-order valence-electron chi connectivity index (χ0n) is 12.5. The number of nitrogens with zero attached hydrogens (tertiary/aromatic N) is 2. The number of carbonyl (C=O) groups excluding carboxylic acids is 1. The standard InChI is InChI=1S/C16H19N3O2S/c1-10-15(11-4-6-19(10)7-5-11)18-16(20)14-3-2-13(22-14)12-8-17-9-21-12/h2-3,8-11,15H,4-7H2,1H3,(H,18,20). The third-order valence-electron chi connectivity index (χ3n) is 4.98. The molecule has 0 saturated carbocycles. The molecular weight excluding hydrogens is 298 g/mol. The summed E-state index contributed by atoms with van der Waals surface area (Å²) in [5.41, 5.74) is 0. The predicted octanol–water partition coefficient (Wildman–Crippen LogP) is 2.62. The number of carbonyl (C=O) groups is 1. The Bertz CT molecular complexity index is 657. The lowest BCUT2D eigenvalue weighted by Gasteiger charge is -2.49. The van der Waals surface area contributed by atoms with Crippen molar-refractivity contribution in [3.8, 4) is 10.6 Å². The molecule has 2 unspecified atom stereocenters. The Labute approximate surface area is 133 Å². The first kappa shape index (κ1) is 14.0. The van der Waals surface area contributed by atoms with Gasteiger partial charge in [0.05, 0.1) is 16.0 Å². The van der Waals surface area contributed by atoms with Gasteiger partial charge in [0.15, 0.2) is 12.2 Å². The van der Waals surface area contributed by atoms with E-state index in [9.17, 15) is 4.79 Å². The van der Waals surface area contributed by atoms with Gasteiger partial charge in [0.1, 0.15) is 0 Å². The van der Waals surface area contributed by atoms with E-state index in [0.717, 1.165) is 9.75 Å². The molecule has 116 valence electrons. The summed E-state index contributed by atoms with van der Waals surface area (Å²) in [6.07, 6.45) is 5.47. The Morgan fingerprint density at radius 3 is 2.91 bits per heavy atom. The lowest BCUT2D eigenvalue weighted by Crippen LogP contribution is -2.62. The highest BCUT2D eigenvalue weighted by atomic mass is 32.1. The Balaban J connectivity index is 1.48. The number of rotatable bonds is 3. The number of aromatic nitrogens is 1. The molecule has 3 aliphatic heterocycles. The second-order valence-corrected chi connectivity index (χ2v) is 7.23. The largest absolute Gasteiger partial charge is 0.443 e. The van der Waals surface area contributed by atoms with Crippen LogP contribution in [0, 0.1) is 5.92 Å². The second-order valence-electron chi connectivity index (χ2n) is 6.14. The Morgan fingerprint density at radius 2 is 2.23 bits per heavy atom. The Kier molecular flexibility index (Phi) is 3.50. The first-order valence-electron chi connectivity index (χ1n) is 7.76. The molecule has 2 aromatic heterocycles. The number of fused-ring (bicyclic) bond motifs is 3. The van der Waals surface area contributed by atoms with Gasteiger partial charge in [-0.2, -0.15) is 0 Å². The lowest BCUT2D eigenvalue weighted by atomic mass is 9.79. The lowest BCUT2D eigenvalue weighted by molar-refractivity contribution is 0.0218. The maximum Gasteiger partial charge on any atom is 0.261 e. The van der Waals surface area contributed by atoms with E-state index in [-0.39, 0.29) is 11.9 Å². The van der Waals surface area contributed by atoms with Gasteiger partial charge in [-0.1, -0.05) is 0 Å². The van der Waals surface area contributed by atoms with Crippen molar-refractivity contribution in [3.05, 3.63) is 29.6 Å². The van der Waals surface area contributed by atoms with Crippen molar-refractivity contribution in [1.82, 2.24) is 15.2 Å². The van der Waals surface area contributed by atoms with Crippen molar-refractivity contribution in [1.29, 1.82) is 0 Å². The highest BCUT2D eigenvalue weighted by Gasteiger charge is 2.40. The molecule has 0 aliphatic carbocycles. The summed E-state index contributed by atoms with van der Waals surface area (Å²) in [6, 6.07) is 4.49. The van der Waals surface area contributed by atoms with Crippen LogP contribution in [0.4, 0.5) is 0 Å². The fraction of sp³-hybridized carbons (Fsp3) is 0.500. The van der Waals surface area contributed by atoms with Gasteiger partial charge in [-0.15, -0.1) is 11.3 Å². The molecule has 2 atom stereocenters. The van der Waals surface area contributed by atoms with Crippen molar-refractivity contribution in [3.63, 3.8) is 0 Å². The molecule has 22 heavy (non-hydrogen) atoms. The summed E-state index contributed by atoms with van der Waals surface area (Å²) in [6.45, 7) is 4.57. The minimum Gasteiger partial charge on any atom is -0.443 e. The fourth-order valence-corrected chi connectivity index (χ4v) is 4.56. The number of hydrogen-bond donors (Lipinski definition) is 1. The summed E-state index contributed by atoms with van der Waals surface area (Å²) in [5, 5.41) is 3.26. The van der Waals surface area contributed by atoms with Gasteiger partial charge in [-0.3, -0.25) is 9.69 Å². The van der Waals surface area contributed by atoms with Crippen LogP contribution in [0.2, 0.25) is 0 Å². The summed E-state index contributed by atoms with van der Waals surface area (Å²) in [7, 11) is 0. The molecule has 3 aliphatic rings. The molecule has 1 N–H and O–H groups in total. The van der Waals surface area contributed by atoms with E-state index in [4.69, 9.17) is 4.42 Å². The van der Waals surface area contributed by atoms with E-state index in [1.807, 2.05) is 12.1 Å². The predicted molar refractivity (Wildman–Crippen MR) is 84.8 cm³/mol. The molecule has 2 bridgehead atoms. The fourth-order valence-electron chi connectivity index (χ4n) is 3.70. The van der Waals surface area contributed by atoms with E-state index < -0.39 is 0 Å². The van der Waals surface area contributed by atoms with Gasteiger partial charge in [-0.05, 0) is 50.9 Å². The van der Waals surface area contributed by atoms with Crippen molar-refractivity contribution in [2.75, 3.05) is 13.1 Å². The van der Waals surface area contributed by atoms with Crippen LogP contribution in [0.15, 0.2) is 29.1 Å². The Morgan fingerprint density at radius 1 is 1.41 bits per heavy atom. The van der Waals surface area contributed by atoms with Gasteiger partial charge in [-0.25, -0.2) is 4.98 Å². The van der Waals surface area contributed by atoms with Crippen molar-refractivity contribution in [2.45, 2.75) is 31.8 Å². The van der Waals surface area contributed by atoms with E-state index in [2.05, 4.69) is 22.1 Å². The number of thiophene rings is 1. The van der Waals surface area contributed by atoms with E-state index in [1.54, 1.807) is 6.20 Å². The molecule has 0 radical (unpaired) electrons. The molecule has 6 heteroatoms. The number of oxazole rings is 1. The summed E-state index contributed by atoms with van der Waals surface area (Å²) < 4.78 is 5.28. The first-order valence-corrected chi connectivity index (χ1v) is 8.57. The van der Waals surface area contributed by atoms with Crippen LogP contribution in [0.1, 0.15) is 29.4 Å². The van der Waals surface area contributed by atoms with Crippen molar-refractivity contribution < 1.29 is 9.21 Å². The third-order valence-corrected chi connectivity index (χ3v) is 6.08. The number of amides is 1. The van der Waals surface area contributed by atoms with Gasteiger partial charge in [0.2, 0.25) is 0 Å². The summed E-state index contributed by atoms with van der Waals surface area (Å²) in [5.74, 6) is 1.36. The monoisotopic (exact) mass is 317 g/mol. The number of nitrogens with one attached hydrogen (secondary N) is 1. The smallest absolute Gasteiger partial charge is 0.261 e. The van der Waals surface area contributed by atoms with Crippen LogP contribution in [0.25, 0.3) is 10.6 Å². The SMILES string of the molecule is CC1C(NC(=O)c2ccc(-c3cnco3)s2)C2CCN1CC2. The highest BCUT2D eigenvalue weighted by Crippen LogP contribution is 2.33.